The van der Waals surface area contributed by atoms with E-state index in [0.29, 0.717) is 15.6 Å². The highest BCUT2D eigenvalue weighted by atomic mass is 79.9. The summed E-state index contributed by atoms with van der Waals surface area (Å²) in [6, 6.07) is 4.02. The van der Waals surface area contributed by atoms with Crippen molar-refractivity contribution in [3.8, 4) is 5.75 Å². The lowest BCUT2D eigenvalue weighted by molar-refractivity contribution is 0.0768. The lowest BCUT2D eigenvalue weighted by Gasteiger charge is -2.24. The van der Waals surface area contributed by atoms with Gasteiger partial charge in [0.1, 0.15) is 5.75 Å². The summed E-state index contributed by atoms with van der Waals surface area (Å²) < 4.78 is 6.78. The number of ether oxygens (including phenoxy) is 1. The van der Waals surface area contributed by atoms with E-state index in [4.69, 9.17) is 4.74 Å². The summed E-state index contributed by atoms with van der Waals surface area (Å²) in [6.07, 6.45) is 0. The van der Waals surface area contributed by atoms with Crippen molar-refractivity contribution in [1.29, 1.82) is 0 Å². The SMILES string of the molecule is Cl.Oc1c(Br)cc([C@@H]2COCCN2)cc1Br. The topological polar surface area (TPSA) is 41.5 Å². The molecule has 1 aromatic carbocycles. The summed E-state index contributed by atoms with van der Waals surface area (Å²) in [5, 5.41) is 12.9. The zero-order valence-corrected chi connectivity index (χ0v) is 12.4. The van der Waals surface area contributed by atoms with Crippen LogP contribution >= 0.6 is 44.3 Å². The van der Waals surface area contributed by atoms with Gasteiger partial charge in [0.15, 0.2) is 0 Å². The van der Waals surface area contributed by atoms with E-state index < -0.39 is 0 Å². The number of nitrogens with one attached hydrogen (secondary N) is 1. The molecule has 6 heteroatoms. The Morgan fingerprint density at radius 2 is 1.94 bits per heavy atom. The van der Waals surface area contributed by atoms with E-state index in [0.717, 1.165) is 18.7 Å². The maximum atomic E-state index is 9.58. The average Bonchev–Trinajstić information content (AvgIpc) is 2.26. The highest BCUT2D eigenvalue weighted by Crippen LogP contribution is 2.35. The first-order valence-electron chi connectivity index (χ1n) is 4.67. The molecule has 1 heterocycles. The van der Waals surface area contributed by atoms with Crippen molar-refractivity contribution in [3.63, 3.8) is 0 Å². The Labute approximate surface area is 117 Å². The van der Waals surface area contributed by atoms with Gasteiger partial charge in [-0.15, -0.1) is 12.4 Å². The Kier molecular flexibility index (Phi) is 5.53. The molecule has 0 saturated carbocycles. The minimum absolute atomic E-state index is 0. The third kappa shape index (κ3) is 3.11. The van der Waals surface area contributed by atoms with Crippen LogP contribution in [0.5, 0.6) is 5.75 Å². The van der Waals surface area contributed by atoms with Crippen molar-refractivity contribution in [2.24, 2.45) is 0 Å². The lowest BCUT2D eigenvalue weighted by Crippen LogP contribution is -2.34. The van der Waals surface area contributed by atoms with Crippen LogP contribution in [0.1, 0.15) is 11.6 Å². The normalized spacial score (nSPS) is 20.2. The van der Waals surface area contributed by atoms with Crippen LogP contribution in [0.15, 0.2) is 21.1 Å². The first kappa shape index (κ1) is 14.3. The van der Waals surface area contributed by atoms with Crippen molar-refractivity contribution in [2.45, 2.75) is 6.04 Å². The van der Waals surface area contributed by atoms with Crippen LogP contribution in [0, 0.1) is 0 Å². The molecule has 0 radical (unpaired) electrons. The molecule has 1 saturated heterocycles. The Morgan fingerprint density at radius 3 is 2.44 bits per heavy atom. The standard InChI is InChI=1S/C10H11Br2NO2.ClH/c11-7-3-6(4-8(12)10(7)14)9-5-15-2-1-13-9;/h3-4,9,13-14H,1-2,5H2;1H/t9-;/m0./s1. The van der Waals surface area contributed by atoms with Gasteiger partial charge in [-0.25, -0.2) is 0 Å². The molecule has 2 N–H and O–H groups in total. The molecule has 1 fully saturated rings. The zero-order valence-electron chi connectivity index (χ0n) is 8.37. The average molecular weight is 373 g/mol. The Morgan fingerprint density at radius 1 is 1.31 bits per heavy atom. The number of hydrogen-bond donors (Lipinski definition) is 2. The first-order chi connectivity index (χ1) is 7.18. The molecule has 0 spiro atoms. The number of phenolic OH excluding ortho intramolecular Hbond substituents is 1. The minimum Gasteiger partial charge on any atom is -0.506 e. The van der Waals surface area contributed by atoms with Gasteiger partial charge in [0.25, 0.3) is 0 Å². The van der Waals surface area contributed by atoms with Crippen LogP contribution in [-0.2, 0) is 4.74 Å². The van der Waals surface area contributed by atoms with Crippen LogP contribution in [0.4, 0.5) is 0 Å². The number of hydrogen-bond acceptors (Lipinski definition) is 3. The fourth-order valence-electron chi connectivity index (χ4n) is 1.57. The maximum absolute atomic E-state index is 9.58. The summed E-state index contributed by atoms with van der Waals surface area (Å²) >= 11 is 6.63. The second-order valence-corrected chi connectivity index (χ2v) is 5.12. The van der Waals surface area contributed by atoms with Crippen molar-refractivity contribution < 1.29 is 9.84 Å². The van der Waals surface area contributed by atoms with Gasteiger partial charge >= 0.3 is 0 Å². The predicted molar refractivity (Wildman–Crippen MR) is 72.3 cm³/mol. The van der Waals surface area contributed by atoms with Crippen LogP contribution in [0.3, 0.4) is 0 Å². The van der Waals surface area contributed by atoms with E-state index >= 15 is 0 Å². The van der Waals surface area contributed by atoms with Gasteiger partial charge in [-0.05, 0) is 49.6 Å². The number of morpholine rings is 1. The van der Waals surface area contributed by atoms with Crippen LogP contribution in [-0.4, -0.2) is 24.9 Å². The molecule has 16 heavy (non-hydrogen) atoms. The van der Waals surface area contributed by atoms with E-state index in [9.17, 15) is 5.11 Å². The van der Waals surface area contributed by atoms with Crippen molar-refractivity contribution in [1.82, 2.24) is 5.32 Å². The van der Waals surface area contributed by atoms with Crippen molar-refractivity contribution in [3.05, 3.63) is 26.6 Å². The third-order valence-electron chi connectivity index (χ3n) is 2.36. The van der Waals surface area contributed by atoms with Gasteiger partial charge in [-0.2, -0.15) is 0 Å². The highest BCUT2D eigenvalue weighted by molar-refractivity contribution is 9.11. The number of halogens is 3. The smallest absolute Gasteiger partial charge is 0.143 e. The van der Waals surface area contributed by atoms with Gasteiger partial charge in [0, 0.05) is 6.54 Å². The Bertz CT molecular complexity index is 347. The molecule has 1 aliphatic rings. The lowest BCUT2D eigenvalue weighted by atomic mass is 10.1. The monoisotopic (exact) mass is 371 g/mol. The molecular weight excluding hydrogens is 361 g/mol. The number of rotatable bonds is 1. The molecule has 2 rings (SSSR count). The van der Waals surface area contributed by atoms with Gasteiger partial charge < -0.3 is 15.2 Å². The molecule has 0 amide bonds. The summed E-state index contributed by atoms with van der Waals surface area (Å²) in [5.74, 6) is 0.232. The molecule has 90 valence electrons. The molecule has 1 aliphatic heterocycles. The summed E-state index contributed by atoms with van der Waals surface area (Å²) in [5.41, 5.74) is 1.10. The van der Waals surface area contributed by atoms with E-state index in [2.05, 4.69) is 37.2 Å². The molecule has 0 bridgehead atoms. The predicted octanol–water partition coefficient (Wildman–Crippen LogP) is 3.00. The fourth-order valence-corrected chi connectivity index (χ4v) is 2.79. The summed E-state index contributed by atoms with van der Waals surface area (Å²) in [6.45, 7) is 2.29. The Hall–Kier alpha value is 0.190. The molecule has 0 aromatic heterocycles. The molecular formula is C10H12Br2ClNO2. The van der Waals surface area contributed by atoms with Crippen molar-refractivity contribution in [2.75, 3.05) is 19.8 Å². The van der Waals surface area contributed by atoms with E-state index in [1.54, 1.807) is 0 Å². The molecule has 3 nitrogen and oxygen atoms in total. The second-order valence-electron chi connectivity index (χ2n) is 3.41. The van der Waals surface area contributed by atoms with Crippen LogP contribution < -0.4 is 5.32 Å². The van der Waals surface area contributed by atoms with Crippen molar-refractivity contribution >= 4 is 44.3 Å². The maximum Gasteiger partial charge on any atom is 0.143 e. The molecule has 1 aromatic rings. The highest BCUT2D eigenvalue weighted by Gasteiger charge is 2.17. The fraction of sp³-hybridized carbons (Fsp3) is 0.400. The Balaban J connectivity index is 0.00000128. The largest absolute Gasteiger partial charge is 0.506 e. The molecule has 0 aliphatic carbocycles. The third-order valence-corrected chi connectivity index (χ3v) is 3.57. The van der Waals surface area contributed by atoms with E-state index in [1.165, 1.54) is 0 Å². The number of benzene rings is 1. The van der Waals surface area contributed by atoms with E-state index in [-0.39, 0.29) is 24.2 Å². The minimum atomic E-state index is 0. The zero-order chi connectivity index (χ0) is 10.8. The molecule has 0 unspecified atom stereocenters. The quantitative estimate of drug-likeness (QED) is 0.795. The molecule has 1 atom stereocenters. The van der Waals surface area contributed by atoms with Gasteiger partial charge in [-0.1, -0.05) is 0 Å². The van der Waals surface area contributed by atoms with Gasteiger partial charge in [0.05, 0.1) is 28.2 Å². The number of aromatic hydroxyl groups is 1. The summed E-state index contributed by atoms with van der Waals surface area (Å²) in [7, 11) is 0. The van der Waals surface area contributed by atoms with E-state index in [1.807, 2.05) is 12.1 Å². The number of phenols is 1. The van der Waals surface area contributed by atoms with Gasteiger partial charge in [-0.3, -0.25) is 0 Å². The second kappa shape index (κ2) is 6.21. The summed E-state index contributed by atoms with van der Waals surface area (Å²) in [4.78, 5) is 0. The first-order valence-corrected chi connectivity index (χ1v) is 6.26. The van der Waals surface area contributed by atoms with Crippen LogP contribution in [0.25, 0.3) is 0 Å². The van der Waals surface area contributed by atoms with Crippen LogP contribution in [0.2, 0.25) is 0 Å². The van der Waals surface area contributed by atoms with Gasteiger partial charge in [0.2, 0.25) is 0 Å².